The number of thioether (sulfide) groups is 1. The van der Waals surface area contributed by atoms with Crippen LogP contribution in [-0.4, -0.2) is 12.1 Å². The van der Waals surface area contributed by atoms with E-state index in [0.717, 1.165) is 22.0 Å². The van der Waals surface area contributed by atoms with Crippen LogP contribution in [0.15, 0.2) is 47.5 Å². The van der Waals surface area contributed by atoms with Gasteiger partial charge in [-0.05, 0) is 29.8 Å². The van der Waals surface area contributed by atoms with E-state index in [4.69, 9.17) is 16.3 Å². The van der Waals surface area contributed by atoms with Gasteiger partial charge in [-0.3, -0.25) is 0 Å². The van der Waals surface area contributed by atoms with Crippen molar-refractivity contribution >= 4 is 23.4 Å². The third-order valence-electron chi connectivity index (χ3n) is 2.27. The van der Waals surface area contributed by atoms with Crippen LogP contribution in [-0.2, 0) is 5.75 Å². The zero-order valence-electron chi connectivity index (χ0n) is 9.39. The maximum atomic E-state index is 6.00. The maximum Gasteiger partial charge on any atom is 0.133 e. The van der Waals surface area contributed by atoms with E-state index in [1.54, 1.807) is 25.1 Å². The Kier molecular flexibility index (Phi) is 4.29. The summed E-state index contributed by atoms with van der Waals surface area (Å²) in [6.45, 7) is 0. The van der Waals surface area contributed by atoms with Crippen LogP contribution in [0.4, 0.5) is 0 Å². The molecule has 0 spiro atoms. The van der Waals surface area contributed by atoms with Crippen LogP contribution in [0.5, 0.6) is 5.75 Å². The number of nitrogens with zero attached hydrogens (tertiary/aromatic N) is 1. The van der Waals surface area contributed by atoms with Gasteiger partial charge in [0, 0.05) is 16.8 Å². The van der Waals surface area contributed by atoms with Crippen LogP contribution in [0.3, 0.4) is 0 Å². The molecule has 0 fully saturated rings. The van der Waals surface area contributed by atoms with Crippen molar-refractivity contribution in [3.05, 3.63) is 53.3 Å². The fourth-order valence-electron chi connectivity index (χ4n) is 1.38. The third-order valence-corrected chi connectivity index (χ3v) is 3.65. The monoisotopic (exact) mass is 265 g/mol. The van der Waals surface area contributed by atoms with Crippen LogP contribution >= 0.6 is 23.4 Å². The zero-order chi connectivity index (χ0) is 12.1. The largest absolute Gasteiger partial charge is 0.497 e. The van der Waals surface area contributed by atoms with Crippen molar-refractivity contribution in [2.24, 2.45) is 0 Å². The van der Waals surface area contributed by atoms with E-state index in [1.807, 2.05) is 30.3 Å². The molecule has 88 valence electrons. The minimum Gasteiger partial charge on any atom is -0.497 e. The van der Waals surface area contributed by atoms with Crippen molar-refractivity contribution in [2.75, 3.05) is 7.11 Å². The highest BCUT2D eigenvalue weighted by atomic mass is 35.5. The average Bonchev–Trinajstić information content (AvgIpc) is 2.38. The lowest BCUT2D eigenvalue weighted by molar-refractivity contribution is 0.413. The Hall–Kier alpha value is -1.19. The van der Waals surface area contributed by atoms with E-state index >= 15 is 0 Å². The van der Waals surface area contributed by atoms with Gasteiger partial charge in [0.05, 0.1) is 7.11 Å². The summed E-state index contributed by atoms with van der Waals surface area (Å²) in [6, 6.07) is 11.9. The molecule has 1 aromatic heterocycles. The molecular formula is C13H12ClNOS. The number of hydrogen-bond acceptors (Lipinski definition) is 3. The predicted octanol–water partition coefficient (Wildman–Crippen LogP) is 4.04. The fourth-order valence-corrected chi connectivity index (χ4v) is 2.57. The summed E-state index contributed by atoms with van der Waals surface area (Å²) >= 11 is 7.71. The van der Waals surface area contributed by atoms with Crippen molar-refractivity contribution in [2.45, 2.75) is 10.6 Å². The number of rotatable bonds is 4. The Bertz CT molecular complexity index is 504. The Balaban J connectivity index is 2.05. The van der Waals surface area contributed by atoms with Gasteiger partial charge in [0.25, 0.3) is 0 Å². The van der Waals surface area contributed by atoms with E-state index in [2.05, 4.69) is 11.1 Å². The average molecular weight is 266 g/mol. The van der Waals surface area contributed by atoms with Gasteiger partial charge < -0.3 is 4.74 Å². The Morgan fingerprint density at radius 3 is 2.94 bits per heavy atom. The second kappa shape index (κ2) is 5.94. The van der Waals surface area contributed by atoms with Gasteiger partial charge in [0.2, 0.25) is 0 Å². The third kappa shape index (κ3) is 3.38. The molecule has 2 rings (SSSR count). The molecule has 0 N–H and O–H groups in total. The number of pyridine rings is 1. The predicted molar refractivity (Wildman–Crippen MR) is 71.8 cm³/mol. The first-order chi connectivity index (χ1) is 8.29. The molecule has 0 saturated heterocycles. The number of aromatic nitrogens is 1. The van der Waals surface area contributed by atoms with Crippen LogP contribution in [0.1, 0.15) is 5.56 Å². The van der Waals surface area contributed by atoms with Gasteiger partial charge in [0.1, 0.15) is 10.9 Å². The Morgan fingerprint density at radius 1 is 1.29 bits per heavy atom. The molecule has 0 bridgehead atoms. The molecule has 0 atom stereocenters. The number of benzene rings is 1. The molecule has 0 amide bonds. The number of hydrogen-bond donors (Lipinski definition) is 0. The second-order valence-corrected chi connectivity index (χ2v) is 4.83. The van der Waals surface area contributed by atoms with E-state index in [9.17, 15) is 0 Å². The van der Waals surface area contributed by atoms with Crippen molar-refractivity contribution in [1.82, 2.24) is 4.98 Å². The van der Waals surface area contributed by atoms with Crippen molar-refractivity contribution in [1.29, 1.82) is 0 Å². The van der Waals surface area contributed by atoms with Crippen molar-refractivity contribution in [3.63, 3.8) is 0 Å². The zero-order valence-corrected chi connectivity index (χ0v) is 11.0. The first kappa shape index (κ1) is 12.3. The quantitative estimate of drug-likeness (QED) is 0.615. The van der Waals surface area contributed by atoms with Gasteiger partial charge in [-0.2, -0.15) is 0 Å². The minimum atomic E-state index is 0.572. The summed E-state index contributed by atoms with van der Waals surface area (Å²) in [5.74, 6) is 1.67. The highest BCUT2D eigenvalue weighted by molar-refractivity contribution is 7.98. The first-order valence-electron chi connectivity index (χ1n) is 5.16. The van der Waals surface area contributed by atoms with Crippen LogP contribution in [0, 0.1) is 0 Å². The Labute approximate surface area is 110 Å². The summed E-state index contributed by atoms with van der Waals surface area (Å²) in [5.41, 5.74) is 1.04. The van der Waals surface area contributed by atoms with Gasteiger partial charge in [-0.1, -0.05) is 23.7 Å². The van der Waals surface area contributed by atoms with E-state index in [1.165, 1.54) is 0 Å². The molecule has 0 aliphatic carbocycles. The summed E-state index contributed by atoms with van der Waals surface area (Å²) in [7, 11) is 1.67. The molecule has 1 aromatic carbocycles. The smallest absolute Gasteiger partial charge is 0.133 e. The standard InChI is InChI=1S/C13H12ClNOS/c1-16-11-5-2-6-12(8-11)17-9-10-4-3-7-15-13(10)14/h2-8H,9H2,1H3. The molecule has 2 aromatic rings. The topological polar surface area (TPSA) is 22.1 Å². The molecule has 4 heteroatoms. The first-order valence-corrected chi connectivity index (χ1v) is 6.52. The van der Waals surface area contributed by atoms with E-state index in [0.29, 0.717) is 5.15 Å². The minimum absolute atomic E-state index is 0.572. The van der Waals surface area contributed by atoms with Crippen LogP contribution in [0.2, 0.25) is 5.15 Å². The van der Waals surface area contributed by atoms with Crippen molar-refractivity contribution < 1.29 is 4.74 Å². The van der Waals surface area contributed by atoms with Crippen LogP contribution in [0.25, 0.3) is 0 Å². The SMILES string of the molecule is COc1cccc(SCc2cccnc2Cl)c1. The normalized spacial score (nSPS) is 10.2. The number of methoxy groups -OCH3 is 1. The van der Waals surface area contributed by atoms with Crippen LogP contribution < -0.4 is 4.74 Å². The van der Waals surface area contributed by atoms with E-state index < -0.39 is 0 Å². The molecule has 1 heterocycles. The summed E-state index contributed by atoms with van der Waals surface area (Å²) < 4.78 is 5.18. The molecule has 0 unspecified atom stereocenters. The molecular weight excluding hydrogens is 254 g/mol. The lowest BCUT2D eigenvalue weighted by Crippen LogP contribution is -1.86. The lowest BCUT2D eigenvalue weighted by Gasteiger charge is -2.05. The van der Waals surface area contributed by atoms with Crippen molar-refractivity contribution in [3.8, 4) is 5.75 Å². The number of halogens is 1. The summed E-state index contributed by atoms with van der Waals surface area (Å²) in [4.78, 5) is 5.21. The van der Waals surface area contributed by atoms with E-state index in [-0.39, 0.29) is 0 Å². The summed E-state index contributed by atoms with van der Waals surface area (Å²) in [5, 5.41) is 0.572. The van der Waals surface area contributed by atoms with Gasteiger partial charge in [0.15, 0.2) is 0 Å². The fraction of sp³-hybridized carbons (Fsp3) is 0.154. The van der Waals surface area contributed by atoms with Gasteiger partial charge >= 0.3 is 0 Å². The molecule has 2 nitrogen and oxygen atoms in total. The highest BCUT2D eigenvalue weighted by Gasteiger charge is 2.02. The molecule has 0 aliphatic rings. The maximum absolute atomic E-state index is 6.00. The number of ether oxygens (including phenoxy) is 1. The van der Waals surface area contributed by atoms with Gasteiger partial charge in [-0.25, -0.2) is 4.98 Å². The molecule has 0 radical (unpaired) electrons. The molecule has 17 heavy (non-hydrogen) atoms. The summed E-state index contributed by atoms with van der Waals surface area (Å²) in [6.07, 6.45) is 1.70. The Morgan fingerprint density at radius 2 is 2.18 bits per heavy atom. The highest BCUT2D eigenvalue weighted by Crippen LogP contribution is 2.27. The van der Waals surface area contributed by atoms with Gasteiger partial charge in [-0.15, -0.1) is 11.8 Å². The lowest BCUT2D eigenvalue weighted by atomic mass is 10.3. The molecule has 0 aliphatic heterocycles. The molecule has 0 saturated carbocycles. The second-order valence-electron chi connectivity index (χ2n) is 3.42.